The summed E-state index contributed by atoms with van der Waals surface area (Å²) >= 11 is 0. The maximum atomic E-state index is 9.30. The van der Waals surface area contributed by atoms with Crippen LogP contribution >= 0.6 is 0 Å². The van der Waals surface area contributed by atoms with Gasteiger partial charge in [0.1, 0.15) is 0 Å². The molecular weight excluding hydrogens is 176 g/mol. The predicted octanol–water partition coefficient (Wildman–Crippen LogP) is 2.87. The summed E-state index contributed by atoms with van der Waals surface area (Å²) in [6.07, 6.45) is 10.1. The molecule has 0 saturated heterocycles. The first kappa shape index (κ1) is 13.9. The third-order valence-electron chi connectivity index (χ3n) is 2.67. The van der Waals surface area contributed by atoms with Crippen LogP contribution in [-0.4, -0.2) is 22.9 Å². The van der Waals surface area contributed by atoms with Gasteiger partial charge in [-0.25, -0.2) is 0 Å². The van der Waals surface area contributed by atoms with E-state index < -0.39 is 0 Å². The Morgan fingerprint density at radius 3 is 1.86 bits per heavy atom. The van der Waals surface area contributed by atoms with Crippen LogP contribution in [0.5, 0.6) is 0 Å². The molecule has 0 unspecified atom stereocenters. The molecule has 0 heterocycles. The van der Waals surface area contributed by atoms with Crippen molar-refractivity contribution in [2.24, 2.45) is 0 Å². The molecule has 2 nitrogen and oxygen atoms in total. The van der Waals surface area contributed by atoms with E-state index in [1.54, 1.807) is 0 Å². The van der Waals surface area contributed by atoms with Crippen molar-refractivity contribution in [2.45, 2.75) is 70.8 Å². The molecule has 0 aliphatic carbocycles. The fraction of sp³-hybridized carbons (Fsp3) is 1.00. The average molecular weight is 202 g/mol. The molecule has 0 bridgehead atoms. The fourth-order valence-electron chi connectivity index (χ4n) is 1.58. The monoisotopic (exact) mass is 202 g/mol. The summed E-state index contributed by atoms with van der Waals surface area (Å²) < 4.78 is 0. The SMILES string of the molecule is CC[C@@H](O)CCCCCCCCCO. The van der Waals surface area contributed by atoms with Gasteiger partial charge in [0.2, 0.25) is 0 Å². The first-order valence-corrected chi connectivity index (χ1v) is 6.10. The van der Waals surface area contributed by atoms with Gasteiger partial charge in [0.15, 0.2) is 0 Å². The number of rotatable bonds is 10. The zero-order valence-electron chi connectivity index (χ0n) is 9.54. The van der Waals surface area contributed by atoms with Gasteiger partial charge in [-0.2, -0.15) is 0 Å². The lowest BCUT2D eigenvalue weighted by Crippen LogP contribution is -2.03. The van der Waals surface area contributed by atoms with Gasteiger partial charge in [0.05, 0.1) is 6.10 Å². The Labute approximate surface area is 88.3 Å². The highest BCUT2D eigenvalue weighted by Gasteiger charge is 1.99. The molecule has 0 aromatic rings. The number of aliphatic hydroxyl groups is 2. The lowest BCUT2D eigenvalue weighted by atomic mass is 10.1. The van der Waals surface area contributed by atoms with Crippen LogP contribution in [0, 0.1) is 0 Å². The summed E-state index contributed by atoms with van der Waals surface area (Å²) in [4.78, 5) is 0. The Morgan fingerprint density at radius 2 is 1.36 bits per heavy atom. The molecule has 0 spiro atoms. The van der Waals surface area contributed by atoms with Crippen molar-refractivity contribution in [1.82, 2.24) is 0 Å². The second-order valence-corrected chi connectivity index (χ2v) is 4.05. The third kappa shape index (κ3) is 10.0. The van der Waals surface area contributed by atoms with Crippen molar-refractivity contribution in [3.8, 4) is 0 Å². The van der Waals surface area contributed by atoms with E-state index in [-0.39, 0.29) is 6.10 Å². The molecule has 0 aliphatic rings. The van der Waals surface area contributed by atoms with Gasteiger partial charge in [-0.1, -0.05) is 45.4 Å². The van der Waals surface area contributed by atoms with Crippen molar-refractivity contribution < 1.29 is 10.2 Å². The lowest BCUT2D eigenvalue weighted by Gasteiger charge is -2.06. The van der Waals surface area contributed by atoms with Crippen molar-refractivity contribution in [3.05, 3.63) is 0 Å². The molecule has 0 amide bonds. The quantitative estimate of drug-likeness (QED) is 0.535. The molecule has 0 rings (SSSR count). The molecule has 0 aliphatic heterocycles. The zero-order valence-corrected chi connectivity index (χ0v) is 9.54. The van der Waals surface area contributed by atoms with Crippen LogP contribution in [0.2, 0.25) is 0 Å². The van der Waals surface area contributed by atoms with Crippen LogP contribution in [0.25, 0.3) is 0 Å². The number of unbranched alkanes of at least 4 members (excludes halogenated alkanes) is 6. The first-order chi connectivity index (χ1) is 6.81. The Kier molecular flexibility index (Phi) is 10.9. The van der Waals surface area contributed by atoms with Crippen LogP contribution in [0.4, 0.5) is 0 Å². The maximum Gasteiger partial charge on any atom is 0.0537 e. The first-order valence-electron chi connectivity index (χ1n) is 6.10. The molecule has 0 radical (unpaired) electrons. The highest BCUT2D eigenvalue weighted by molar-refractivity contribution is 4.53. The Hall–Kier alpha value is -0.0800. The van der Waals surface area contributed by atoms with E-state index in [0.29, 0.717) is 6.61 Å². The Morgan fingerprint density at radius 1 is 0.857 bits per heavy atom. The van der Waals surface area contributed by atoms with E-state index in [9.17, 15) is 5.11 Å². The molecule has 0 aromatic heterocycles. The summed E-state index contributed by atoms with van der Waals surface area (Å²) in [5.41, 5.74) is 0. The van der Waals surface area contributed by atoms with Gasteiger partial charge in [-0.3, -0.25) is 0 Å². The smallest absolute Gasteiger partial charge is 0.0537 e. The van der Waals surface area contributed by atoms with Crippen LogP contribution in [0.15, 0.2) is 0 Å². The third-order valence-corrected chi connectivity index (χ3v) is 2.67. The van der Waals surface area contributed by atoms with Gasteiger partial charge in [0, 0.05) is 6.61 Å². The molecule has 0 aromatic carbocycles. The Bertz CT molecular complexity index is 104. The van der Waals surface area contributed by atoms with E-state index in [2.05, 4.69) is 0 Å². The van der Waals surface area contributed by atoms with E-state index in [1.807, 2.05) is 6.92 Å². The Balaban J connectivity index is 2.92. The molecule has 0 saturated carbocycles. The summed E-state index contributed by atoms with van der Waals surface area (Å²) in [5.74, 6) is 0. The fourth-order valence-corrected chi connectivity index (χ4v) is 1.58. The summed E-state index contributed by atoms with van der Waals surface area (Å²) in [6.45, 7) is 2.36. The van der Waals surface area contributed by atoms with Gasteiger partial charge < -0.3 is 10.2 Å². The second-order valence-electron chi connectivity index (χ2n) is 4.05. The predicted molar refractivity (Wildman–Crippen MR) is 60.3 cm³/mol. The van der Waals surface area contributed by atoms with Crippen LogP contribution in [0.1, 0.15) is 64.7 Å². The molecule has 2 N–H and O–H groups in total. The highest BCUT2D eigenvalue weighted by Crippen LogP contribution is 2.10. The topological polar surface area (TPSA) is 40.5 Å². The van der Waals surface area contributed by atoms with Crippen molar-refractivity contribution in [2.75, 3.05) is 6.61 Å². The minimum absolute atomic E-state index is 0.0793. The largest absolute Gasteiger partial charge is 0.396 e. The minimum atomic E-state index is -0.0793. The molecule has 0 fully saturated rings. The normalized spacial score (nSPS) is 13.1. The summed E-state index contributed by atoms with van der Waals surface area (Å²) in [5, 5.41) is 17.9. The van der Waals surface area contributed by atoms with E-state index in [0.717, 1.165) is 32.1 Å². The summed E-state index contributed by atoms with van der Waals surface area (Å²) in [6, 6.07) is 0. The number of hydrogen-bond donors (Lipinski definition) is 2. The summed E-state index contributed by atoms with van der Waals surface area (Å²) in [7, 11) is 0. The van der Waals surface area contributed by atoms with Gasteiger partial charge in [0.25, 0.3) is 0 Å². The van der Waals surface area contributed by atoms with Gasteiger partial charge >= 0.3 is 0 Å². The second kappa shape index (κ2) is 11.0. The van der Waals surface area contributed by atoms with Crippen LogP contribution in [-0.2, 0) is 0 Å². The van der Waals surface area contributed by atoms with E-state index >= 15 is 0 Å². The maximum absolute atomic E-state index is 9.30. The molecular formula is C12H26O2. The van der Waals surface area contributed by atoms with Gasteiger partial charge in [-0.15, -0.1) is 0 Å². The van der Waals surface area contributed by atoms with E-state index in [1.165, 1.54) is 25.7 Å². The molecule has 86 valence electrons. The van der Waals surface area contributed by atoms with Crippen LogP contribution in [0.3, 0.4) is 0 Å². The van der Waals surface area contributed by atoms with Crippen molar-refractivity contribution in [3.63, 3.8) is 0 Å². The molecule has 2 heteroatoms. The highest BCUT2D eigenvalue weighted by atomic mass is 16.3. The van der Waals surface area contributed by atoms with Gasteiger partial charge in [-0.05, 0) is 19.3 Å². The lowest BCUT2D eigenvalue weighted by molar-refractivity contribution is 0.156. The average Bonchev–Trinajstić information content (AvgIpc) is 2.21. The minimum Gasteiger partial charge on any atom is -0.396 e. The number of aliphatic hydroxyl groups excluding tert-OH is 2. The molecule has 14 heavy (non-hydrogen) atoms. The van der Waals surface area contributed by atoms with Crippen molar-refractivity contribution >= 4 is 0 Å². The zero-order chi connectivity index (χ0) is 10.6. The standard InChI is InChI=1S/C12H26O2/c1-2-12(14)10-8-6-4-3-5-7-9-11-13/h12-14H,2-11H2,1H3/t12-/m1/s1. The van der Waals surface area contributed by atoms with Crippen LogP contribution < -0.4 is 0 Å². The molecule has 1 atom stereocenters. The van der Waals surface area contributed by atoms with Crippen molar-refractivity contribution in [1.29, 1.82) is 0 Å². The number of hydrogen-bond acceptors (Lipinski definition) is 2. The van der Waals surface area contributed by atoms with E-state index in [4.69, 9.17) is 5.11 Å².